The molecule has 0 aliphatic rings. The summed E-state index contributed by atoms with van der Waals surface area (Å²) in [4.78, 5) is 20.5. The minimum Gasteiger partial charge on any atom is -0.550 e. The molecule has 0 atom stereocenters. The molecule has 0 aromatic carbocycles. The van der Waals surface area contributed by atoms with Gasteiger partial charge in [0.15, 0.2) is 0 Å². The smallest absolute Gasteiger partial charge is 0.550 e. The van der Waals surface area contributed by atoms with E-state index >= 15 is 0 Å². The molecule has 0 aromatic heterocycles. The molecule has 0 rings (SSSR count). The van der Waals surface area contributed by atoms with Crippen molar-refractivity contribution >= 4 is 11.9 Å². The second kappa shape index (κ2) is 39.8. The average Bonchev–Trinajstić information content (AvgIpc) is 2.89. The van der Waals surface area contributed by atoms with Crippen LogP contribution in [-0.2, 0) is 9.59 Å². The predicted octanol–water partition coefficient (Wildman–Crippen LogP) is 7.33. The number of hydrogen-bond donors (Lipinski definition) is 1. The molecular formula is C34H65NaO4. The van der Waals surface area contributed by atoms with Crippen LogP contribution in [0.3, 0.4) is 0 Å². The third kappa shape index (κ3) is 47.8. The van der Waals surface area contributed by atoms with Crippen molar-refractivity contribution in [3.05, 3.63) is 12.2 Å². The van der Waals surface area contributed by atoms with Gasteiger partial charge >= 0.3 is 35.5 Å². The molecule has 0 saturated heterocycles. The maximum Gasteiger partial charge on any atom is 1.00 e. The van der Waals surface area contributed by atoms with Gasteiger partial charge in [-0.25, -0.2) is 0 Å². The summed E-state index contributed by atoms with van der Waals surface area (Å²) < 4.78 is 0. The molecular weight excluding hydrogens is 495 g/mol. The molecule has 0 aliphatic carbocycles. The van der Waals surface area contributed by atoms with E-state index in [0.717, 1.165) is 32.1 Å². The normalized spacial score (nSPS) is 10.7. The van der Waals surface area contributed by atoms with E-state index in [-0.39, 0.29) is 36.0 Å². The first kappa shape index (κ1) is 43.1. The van der Waals surface area contributed by atoms with Crippen LogP contribution in [-0.4, -0.2) is 17.0 Å². The van der Waals surface area contributed by atoms with Crippen LogP contribution in [0.2, 0.25) is 0 Å². The Kier molecular flexibility index (Phi) is 44.0. The molecule has 1 N–H and O–H groups in total. The Morgan fingerprint density at radius 3 is 1.08 bits per heavy atom. The van der Waals surface area contributed by atoms with Crippen molar-refractivity contribution in [2.75, 3.05) is 0 Å². The van der Waals surface area contributed by atoms with Gasteiger partial charge in [0, 0.05) is 12.4 Å². The Morgan fingerprint density at radius 2 is 0.769 bits per heavy atom. The summed E-state index contributed by atoms with van der Waals surface area (Å²) in [5, 5.41) is 18.7. The number of carbonyl (C=O) groups is 2. The van der Waals surface area contributed by atoms with Crippen LogP contribution in [0.15, 0.2) is 12.2 Å². The van der Waals surface area contributed by atoms with Gasteiger partial charge in [-0.2, -0.15) is 0 Å². The first-order valence-electron chi connectivity index (χ1n) is 16.6. The summed E-state index contributed by atoms with van der Waals surface area (Å²) in [6.45, 7) is 4.52. The zero-order valence-corrected chi connectivity index (χ0v) is 28.6. The Balaban J connectivity index is -0.000000651. The number of unbranched alkanes of at least 4 members (excludes halogenated alkanes) is 23. The van der Waals surface area contributed by atoms with E-state index in [1.54, 1.807) is 0 Å². The van der Waals surface area contributed by atoms with E-state index in [9.17, 15) is 14.7 Å². The molecule has 0 fully saturated rings. The van der Waals surface area contributed by atoms with E-state index < -0.39 is 11.9 Å². The SMILES string of the molecule is CCCCCCCC/C=C\CCCCCCCC(=O)[O-].CCCCCCCCCCCCCCCC(=O)O.[Na+]. The molecule has 0 spiro atoms. The Labute approximate surface area is 265 Å². The summed E-state index contributed by atoms with van der Waals surface area (Å²) in [5.41, 5.74) is 0. The van der Waals surface area contributed by atoms with E-state index in [2.05, 4.69) is 26.0 Å². The predicted molar refractivity (Wildman–Crippen MR) is 162 cm³/mol. The largest absolute Gasteiger partial charge is 1.00 e. The topological polar surface area (TPSA) is 77.4 Å². The standard InChI is InChI=1S/C18H34O2.C16H32O2.Na/c1-2-3-4-5-6-7-8-9-10-11-12-13-14-15-16-17-18(19)20;1-2-3-4-5-6-7-8-9-10-11-12-13-14-15-16(17)18;/h9-10H,2-8,11-17H2,1H3,(H,19,20);2-15H2,1H3,(H,17,18);/q;;+1/p-1/b10-9-;;. The van der Waals surface area contributed by atoms with Crippen molar-refractivity contribution in [2.24, 2.45) is 0 Å². The van der Waals surface area contributed by atoms with Crippen LogP contribution in [0.4, 0.5) is 0 Å². The maximum absolute atomic E-state index is 10.3. The van der Waals surface area contributed by atoms with Crippen molar-refractivity contribution in [1.29, 1.82) is 0 Å². The van der Waals surface area contributed by atoms with Gasteiger partial charge < -0.3 is 15.0 Å². The van der Waals surface area contributed by atoms with Crippen LogP contribution < -0.4 is 34.7 Å². The van der Waals surface area contributed by atoms with Crippen LogP contribution in [0, 0.1) is 0 Å². The van der Waals surface area contributed by atoms with Crippen LogP contribution >= 0.6 is 0 Å². The van der Waals surface area contributed by atoms with Gasteiger partial charge in [-0.15, -0.1) is 0 Å². The zero-order valence-electron chi connectivity index (χ0n) is 26.6. The molecule has 39 heavy (non-hydrogen) atoms. The van der Waals surface area contributed by atoms with Crippen molar-refractivity contribution in [1.82, 2.24) is 0 Å². The van der Waals surface area contributed by atoms with E-state index in [4.69, 9.17) is 5.11 Å². The third-order valence-corrected chi connectivity index (χ3v) is 7.14. The van der Waals surface area contributed by atoms with E-state index in [1.807, 2.05) is 0 Å². The average molecular weight is 561 g/mol. The minimum atomic E-state index is -0.914. The van der Waals surface area contributed by atoms with E-state index in [0.29, 0.717) is 6.42 Å². The number of carboxylic acids is 2. The quantitative estimate of drug-likeness (QED) is 0.0590. The van der Waals surface area contributed by atoms with E-state index in [1.165, 1.54) is 135 Å². The molecule has 0 aliphatic heterocycles. The van der Waals surface area contributed by atoms with Gasteiger partial charge in [0.25, 0.3) is 0 Å². The maximum atomic E-state index is 10.3. The number of carbonyl (C=O) groups excluding carboxylic acids is 1. The summed E-state index contributed by atoms with van der Waals surface area (Å²) in [6.07, 6.45) is 38.2. The molecule has 0 radical (unpaired) electrons. The first-order chi connectivity index (χ1) is 18.5. The fourth-order valence-electron chi connectivity index (χ4n) is 4.63. The van der Waals surface area contributed by atoms with Gasteiger partial charge in [0.1, 0.15) is 0 Å². The number of carboxylic acid groups (broad SMARTS) is 2. The van der Waals surface area contributed by atoms with Crippen molar-refractivity contribution in [2.45, 2.75) is 194 Å². The van der Waals surface area contributed by atoms with Gasteiger partial charge in [-0.05, 0) is 44.9 Å². The molecule has 0 amide bonds. The summed E-state index contributed by atoms with van der Waals surface area (Å²) >= 11 is 0. The number of hydrogen-bond acceptors (Lipinski definition) is 3. The van der Waals surface area contributed by atoms with Crippen molar-refractivity contribution in [3.63, 3.8) is 0 Å². The number of allylic oxidation sites excluding steroid dienone is 2. The molecule has 0 aromatic rings. The molecule has 5 heteroatoms. The fourth-order valence-corrected chi connectivity index (χ4v) is 4.63. The summed E-state index contributed by atoms with van der Waals surface area (Å²) in [6, 6.07) is 0. The molecule has 4 nitrogen and oxygen atoms in total. The van der Waals surface area contributed by atoms with Gasteiger partial charge in [-0.1, -0.05) is 154 Å². The molecule has 0 bridgehead atoms. The van der Waals surface area contributed by atoms with Crippen molar-refractivity contribution in [3.8, 4) is 0 Å². The summed E-state index contributed by atoms with van der Waals surface area (Å²) in [7, 11) is 0. The number of rotatable bonds is 29. The summed E-state index contributed by atoms with van der Waals surface area (Å²) in [5.74, 6) is -1.57. The Morgan fingerprint density at radius 1 is 0.487 bits per heavy atom. The minimum absolute atomic E-state index is 0. The zero-order chi connectivity index (χ0) is 28.4. The van der Waals surface area contributed by atoms with Crippen molar-refractivity contribution < 1.29 is 49.4 Å². The monoisotopic (exact) mass is 560 g/mol. The van der Waals surface area contributed by atoms with Crippen LogP contribution in [0.5, 0.6) is 0 Å². The fraction of sp³-hybridized carbons (Fsp3) is 0.882. The number of aliphatic carboxylic acids is 2. The molecule has 0 saturated carbocycles. The molecule has 0 unspecified atom stereocenters. The molecule has 0 heterocycles. The Hall–Kier alpha value is -0.320. The van der Waals surface area contributed by atoms with Gasteiger partial charge in [0.05, 0.1) is 0 Å². The van der Waals surface area contributed by atoms with Gasteiger partial charge in [-0.3, -0.25) is 4.79 Å². The van der Waals surface area contributed by atoms with Crippen LogP contribution in [0.25, 0.3) is 0 Å². The second-order valence-corrected chi connectivity index (χ2v) is 11.1. The Bertz CT molecular complexity index is 507. The molecule has 226 valence electrons. The van der Waals surface area contributed by atoms with Crippen LogP contribution in [0.1, 0.15) is 194 Å². The third-order valence-electron chi connectivity index (χ3n) is 7.14. The second-order valence-electron chi connectivity index (χ2n) is 11.1. The first-order valence-corrected chi connectivity index (χ1v) is 16.6. The van der Waals surface area contributed by atoms with Gasteiger partial charge in [0.2, 0.25) is 0 Å².